The Balaban J connectivity index is 1.89. The summed E-state index contributed by atoms with van der Waals surface area (Å²) in [5, 5.41) is 12.7. The molecule has 0 radical (unpaired) electrons. The van der Waals surface area contributed by atoms with E-state index in [1.807, 2.05) is 0 Å². The number of carbonyl (C=O) groups is 1. The van der Waals surface area contributed by atoms with Crippen molar-refractivity contribution < 1.29 is 14.6 Å². The monoisotopic (exact) mass is 290 g/mol. The van der Waals surface area contributed by atoms with Gasteiger partial charge in [-0.15, -0.1) is 0 Å². The first-order valence-corrected chi connectivity index (χ1v) is 6.20. The Morgan fingerprint density at radius 2 is 2.17 bits per heavy atom. The van der Waals surface area contributed by atoms with Crippen molar-refractivity contribution in [2.75, 3.05) is 6.54 Å². The van der Waals surface area contributed by atoms with Gasteiger partial charge in [0, 0.05) is 13.0 Å². The molecule has 1 fully saturated rings. The minimum absolute atomic E-state index is 0.0784. The van der Waals surface area contributed by atoms with Crippen molar-refractivity contribution in [1.29, 1.82) is 0 Å². The third-order valence-electron chi connectivity index (χ3n) is 2.60. The van der Waals surface area contributed by atoms with Crippen molar-refractivity contribution in [3.05, 3.63) is 28.0 Å². The van der Waals surface area contributed by atoms with Gasteiger partial charge in [-0.05, 0) is 17.7 Å². The van der Waals surface area contributed by atoms with Gasteiger partial charge in [-0.1, -0.05) is 23.2 Å². The molecule has 1 aliphatic rings. The number of aliphatic hydroxyl groups is 1. The van der Waals surface area contributed by atoms with Crippen molar-refractivity contribution in [2.24, 2.45) is 0 Å². The average molecular weight is 291 g/mol. The van der Waals surface area contributed by atoms with Crippen LogP contribution in [-0.4, -0.2) is 34.8 Å². The first kappa shape index (κ1) is 13.5. The number of pyridine rings is 1. The number of hydrogen-bond donors (Lipinski definition) is 2. The zero-order valence-electron chi connectivity index (χ0n) is 9.40. The lowest BCUT2D eigenvalue weighted by Crippen LogP contribution is -2.32. The molecule has 0 aliphatic carbocycles. The van der Waals surface area contributed by atoms with E-state index in [1.54, 1.807) is 12.1 Å². The highest BCUT2D eigenvalue weighted by molar-refractivity contribution is 6.32. The highest BCUT2D eigenvalue weighted by Crippen LogP contribution is 2.16. The molecule has 2 heterocycles. The molecular weight excluding hydrogens is 279 g/mol. The van der Waals surface area contributed by atoms with Crippen LogP contribution < -0.4 is 5.32 Å². The van der Waals surface area contributed by atoms with Crippen molar-refractivity contribution in [3.63, 3.8) is 0 Å². The van der Waals surface area contributed by atoms with Crippen LogP contribution in [0.25, 0.3) is 0 Å². The third kappa shape index (κ3) is 3.55. The van der Waals surface area contributed by atoms with Crippen LogP contribution in [0.15, 0.2) is 12.1 Å². The second-order valence-corrected chi connectivity index (χ2v) is 4.85. The van der Waals surface area contributed by atoms with Crippen LogP contribution in [-0.2, 0) is 16.1 Å². The van der Waals surface area contributed by atoms with Gasteiger partial charge in [-0.2, -0.15) is 0 Å². The highest BCUT2D eigenvalue weighted by Gasteiger charge is 2.29. The Bertz CT molecular complexity index is 436. The fourth-order valence-corrected chi connectivity index (χ4v) is 2.25. The molecule has 18 heavy (non-hydrogen) atoms. The van der Waals surface area contributed by atoms with Crippen molar-refractivity contribution in [2.45, 2.75) is 25.2 Å². The summed E-state index contributed by atoms with van der Waals surface area (Å²) in [6.45, 7) is 0.488. The summed E-state index contributed by atoms with van der Waals surface area (Å²) in [6.07, 6.45) is -0.121. The fourth-order valence-electron chi connectivity index (χ4n) is 1.75. The number of aliphatic hydroxyl groups excluding tert-OH is 1. The number of carbonyl (C=O) groups excluding carboxylic acids is 1. The fraction of sp³-hybridized carbons (Fsp3) is 0.455. The van der Waals surface area contributed by atoms with Crippen LogP contribution in [0.2, 0.25) is 10.3 Å². The van der Waals surface area contributed by atoms with Gasteiger partial charge >= 0.3 is 5.97 Å². The van der Waals surface area contributed by atoms with Gasteiger partial charge in [0.2, 0.25) is 0 Å². The molecule has 0 amide bonds. The SMILES string of the molecule is O=C(OCc1cc(Cl)nc(Cl)c1)[C@@H]1C[C@@H](O)CN1. The summed E-state index contributed by atoms with van der Waals surface area (Å²) in [4.78, 5) is 15.5. The maximum atomic E-state index is 11.7. The maximum Gasteiger partial charge on any atom is 0.323 e. The minimum Gasteiger partial charge on any atom is -0.460 e. The predicted octanol–water partition coefficient (Wildman–Crippen LogP) is 1.15. The molecule has 0 aromatic carbocycles. The summed E-state index contributed by atoms with van der Waals surface area (Å²) < 4.78 is 5.11. The van der Waals surface area contributed by atoms with Gasteiger partial charge in [-0.25, -0.2) is 4.98 Å². The number of hydrogen-bond acceptors (Lipinski definition) is 5. The Kier molecular flexibility index (Phi) is 4.40. The Morgan fingerprint density at radius 1 is 1.50 bits per heavy atom. The molecule has 5 nitrogen and oxygen atoms in total. The molecule has 2 atom stereocenters. The third-order valence-corrected chi connectivity index (χ3v) is 2.98. The zero-order chi connectivity index (χ0) is 13.1. The van der Waals surface area contributed by atoms with E-state index >= 15 is 0 Å². The number of esters is 1. The van der Waals surface area contributed by atoms with Gasteiger partial charge in [-0.3, -0.25) is 4.79 Å². The molecule has 98 valence electrons. The van der Waals surface area contributed by atoms with Gasteiger partial charge in [0.25, 0.3) is 0 Å². The van der Waals surface area contributed by atoms with E-state index in [-0.39, 0.29) is 16.9 Å². The van der Waals surface area contributed by atoms with Crippen molar-refractivity contribution in [3.8, 4) is 0 Å². The second kappa shape index (κ2) is 5.84. The molecule has 1 aliphatic heterocycles. The topological polar surface area (TPSA) is 71.5 Å². The van der Waals surface area contributed by atoms with E-state index in [0.717, 1.165) is 0 Å². The van der Waals surface area contributed by atoms with E-state index < -0.39 is 18.1 Å². The molecule has 7 heteroatoms. The van der Waals surface area contributed by atoms with E-state index in [1.165, 1.54) is 0 Å². The number of aromatic nitrogens is 1. The Morgan fingerprint density at radius 3 is 2.72 bits per heavy atom. The Labute approximate surface area is 114 Å². The van der Waals surface area contributed by atoms with Crippen LogP contribution in [0.3, 0.4) is 0 Å². The summed E-state index contributed by atoms with van der Waals surface area (Å²) in [5.41, 5.74) is 0.673. The van der Waals surface area contributed by atoms with Gasteiger partial charge < -0.3 is 15.2 Å². The second-order valence-electron chi connectivity index (χ2n) is 4.08. The number of ether oxygens (including phenoxy) is 1. The average Bonchev–Trinajstić information content (AvgIpc) is 2.71. The van der Waals surface area contributed by atoms with Gasteiger partial charge in [0.15, 0.2) is 0 Å². The molecule has 1 saturated heterocycles. The zero-order valence-corrected chi connectivity index (χ0v) is 10.9. The van der Waals surface area contributed by atoms with Crippen molar-refractivity contribution >= 4 is 29.2 Å². The maximum absolute atomic E-state index is 11.7. The summed E-state index contributed by atoms with van der Waals surface area (Å²) in [7, 11) is 0. The largest absolute Gasteiger partial charge is 0.460 e. The molecular formula is C11H12Cl2N2O3. The number of nitrogens with one attached hydrogen (secondary N) is 1. The standard InChI is InChI=1S/C11H12Cl2N2O3/c12-9-1-6(2-10(13)15-9)5-18-11(17)8-3-7(16)4-14-8/h1-2,7-8,14,16H,3-5H2/t7-,8+/m1/s1. The molecule has 1 aromatic rings. The smallest absolute Gasteiger partial charge is 0.323 e. The van der Waals surface area contributed by atoms with E-state index in [0.29, 0.717) is 18.5 Å². The van der Waals surface area contributed by atoms with Crippen LogP contribution in [0.4, 0.5) is 0 Å². The molecule has 0 bridgehead atoms. The van der Waals surface area contributed by atoms with Crippen LogP contribution >= 0.6 is 23.2 Å². The van der Waals surface area contributed by atoms with Crippen LogP contribution in [0.1, 0.15) is 12.0 Å². The van der Waals surface area contributed by atoms with Gasteiger partial charge in [0.05, 0.1) is 6.10 Å². The molecule has 2 rings (SSSR count). The predicted molar refractivity (Wildman–Crippen MR) is 66.5 cm³/mol. The number of rotatable bonds is 3. The number of β-amino-alcohol motifs (C(OH)–C–C–N with tert-alkyl or cyclic N) is 1. The Hall–Kier alpha value is -0.880. The highest BCUT2D eigenvalue weighted by atomic mass is 35.5. The van der Waals surface area contributed by atoms with Crippen LogP contribution in [0.5, 0.6) is 0 Å². The van der Waals surface area contributed by atoms with E-state index in [4.69, 9.17) is 27.9 Å². The van der Waals surface area contributed by atoms with E-state index in [9.17, 15) is 9.90 Å². The van der Waals surface area contributed by atoms with E-state index in [2.05, 4.69) is 10.3 Å². The summed E-state index contributed by atoms with van der Waals surface area (Å²) in [6, 6.07) is 2.71. The molecule has 0 unspecified atom stereocenters. The number of nitrogens with zero attached hydrogens (tertiary/aromatic N) is 1. The lowest BCUT2D eigenvalue weighted by Gasteiger charge is -2.10. The lowest BCUT2D eigenvalue weighted by molar-refractivity contribution is -0.147. The van der Waals surface area contributed by atoms with Crippen molar-refractivity contribution in [1.82, 2.24) is 10.3 Å². The van der Waals surface area contributed by atoms with Gasteiger partial charge in [0.1, 0.15) is 23.0 Å². The summed E-state index contributed by atoms with van der Waals surface area (Å²) >= 11 is 11.5. The molecule has 0 saturated carbocycles. The quantitative estimate of drug-likeness (QED) is 0.646. The number of halogens is 2. The van der Waals surface area contributed by atoms with Crippen LogP contribution in [0, 0.1) is 0 Å². The molecule has 0 spiro atoms. The summed E-state index contributed by atoms with van der Waals surface area (Å²) in [5.74, 6) is -0.393. The first-order valence-electron chi connectivity index (χ1n) is 5.44. The normalized spacial score (nSPS) is 23.1. The molecule has 1 aromatic heterocycles. The first-order chi connectivity index (χ1) is 8.54. The minimum atomic E-state index is -0.493. The lowest BCUT2D eigenvalue weighted by atomic mass is 10.2. The molecule has 2 N–H and O–H groups in total.